The third kappa shape index (κ3) is 2.58. The summed E-state index contributed by atoms with van der Waals surface area (Å²) in [6.07, 6.45) is 4.19. The molecule has 3 nitrogen and oxygen atoms in total. The van der Waals surface area contributed by atoms with E-state index in [0.29, 0.717) is 17.4 Å². The largest absolute Gasteiger partial charge is 0.353 e. The van der Waals surface area contributed by atoms with E-state index in [9.17, 15) is 14.0 Å². The molecule has 122 valence electrons. The number of nitrogens with one attached hydrogen (secondary N) is 1. The summed E-state index contributed by atoms with van der Waals surface area (Å²) < 4.78 is 12.9. The number of rotatable bonds is 5. The van der Waals surface area contributed by atoms with Gasteiger partial charge in [-0.05, 0) is 74.1 Å². The molecule has 0 radical (unpaired) electrons. The van der Waals surface area contributed by atoms with Crippen LogP contribution in [0.2, 0.25) is 0 Å². The highest BCUT2D eigenvalue weighted by atomic mass is 19.1. The lowest BCUT2D eigenvalue weighted by Crippen LogP contribution is -2.36. The van der Waals surface area contributed by atoms with Crippen LogP contribution in [-0.2, 0) is 4.79 Å². The molecule has 3 fully saturated rings. The number of hydrogen-bond donors (Lipinski definition) is 1. The number of Topliss-reactive ketones (excluding diaryl/α,β-unsaturated/α-hetero) is 1. The average molecular weight is 315 g/mol. The summed E-state index contributed by atoms with van der Waals surface area (Å²) in [6, 6.07) is 5.39. The van der Waals surface area contributed by atoms with Crippen molar-refractivity contribution in [2.45, 2.75) is 38.6 Å². The van der Waals surface area contributed by atoms with E-state index in [1.165, 1.54) is 43.5 Å². The molecule has 0 saturated heterocycles. The molecule has 5 unspecified atom stereocenters. The molecule has 1 aromatic carbocycles. The summed E-state index contributed by atoms with van der Waals surface area (Å²) in [5, 5.41) is 3.02. The topological polar surface area (TPSA) is 46.2 Å². The second-order valence-electron chi connectivity index (χ2n) is 7.56. The zero-order valence-corrected chi connectivity index (χ0v) is 13.3. The van der Waals surface area contributed by atoms with Crippen molar-refractivity contribution >= 4 is 11.7 Å². The molecule has 0 spiro atoms. The van der Waals surface area contributed by atoms with E-state index in [1.807, 2.05) is 6.92 Å². The fourth-order valence-electron chi connectivity index (χ4n) is 5.10. The van der Waals surface area contributed by atoms with Gasteiger partial charge in [0.1, 0.15) is 5.82 Å². The van der Waals surface area contributed by atoms with E-state index >= 15 is 0 Å². The second-order valence-corrected chi connectivity index (χ2v) is 7.56. The summed E-state index contributed by atoms with van der Waals surface area (Å²) in [6.45, 7) is 1.87. The SMILES string of the molecule is CC(CC(=O)c1ccc(F)cc1)NC(=O)C1C2C3CCC(C3)C12. The van der Waals surface area contributed by atoms with Crippen LogP contribution in [0.15, 0.2) is 24.3 Å². The predicted molar refractivity (Wildman–Crippen MR) is 84.3 cm³/mol. The molecular weight excluding hydrogens is 293 g/mol. The van der Waals surface area contributed by atoms with E-state index < -0.39 is 0 Å². The Bertz CT molecular complexity index is 625. The Balaban J connectivity index is 1.30. The molecule has 1 amide bonds. The van der Waals surface area contributed by atoms with Crippen molar-refractivity contribution in [1.29, 1.82) is 0 Å². The Labute approximate surface area is 135 Å². The fourth-order valence-corrected chi connectivity index (χ4v) is 5.10. The van der Waals surface area contributed by atoms with Crippen molar-refractivity contribution in [1.82, 2.24) is 5.32 Å². The zero-order valence-electron chi connectivity index (χ0n) is 13.3. The second kappa shape index (κ2) is 5.43. The van der Waals surface area contributed by atoms with Gasteiger partial charge in [-0.2, -0.15) is 0 Å². The van der Waals surface area contributed by atoms with Gasteiger partial charge in [0.15, 0.2) is 5.78 Å². The van der Waals surface area contributed by atoms with Crippen molar-refractivity contribution in [2.24, 2.45) is 29.6 Å². The maximum Gasteiger partial charge on any atom is 0.223 e. The van der Waals surface area contributed by atoms with Crippen LogP contribution in [-0.4, -0.2) is 17.7 Å². The number of ketones is 1. The molecule has 0 aromatic heterocycles. The van der Waals surface area contributed by atoms with Gasteiger partial charge in [0.05, 0.1) is 0 Å². The predicted octanol–water partition coefficient (Wildman–Crippen LogP) is 3.20. The molecule has 23 heavy (non-hydrogen) atoms. The highest BCUT2D eigenvalue weighted by Gasteiger charge is 2.67. The average Bonchev–Trinajstić information content (AvgIpc) is 2.96. The molecule has 4 heteroatoms. The van der Waals surface area contributed by atoms with Gasteiger partial charge in [-0.15, -0.1) is 0 Å². The smallest absolute Gasteiger partial charge is 0.223 e. The minimum absolute atomic E-state index is 0.0612. The molecule has 2 bridgehead atoms. The van der Waals surface area contributed by atoms with Crippen LogP contribution in [0.3, 0.4) is 0 Å². The first-order valence-corrected chi connectivity index (χ1v) is 8.63. The lowest BCUT2D eigenvalue weighted by molar-refractivity contribution is -0.123. The molecule has 1 aromatic rings. The number of hydrogen-bond acceptors (Lipinski definition) is 2. The van der Waals surface area contributed by atoms with Crippen molar-refractivity contribution in [3.05, 3.63) is 35.6 Å². The van der Waals surface area contributed by atoms with Gasteiger partial charge in [-0.25, -0.2) is 4.39 Å². The van der Waals surface area contributed by atoms with Crippen molar-refractivity contribution < 1.29 is 14.0 Å². The zero-order chi connectivity index (χ0) is 16.1. The Morgan fingerprint density at radius 3 is 2.39 bits per heavy atom. The highest BCUT2D eigenvalue weighted by molar-refractivity contribution is 5.96. The number of carbonyl (C=O) groups excluding carboxylic acids is 2. The van der Waals surface area contributed by atoms with Crippen LogP contribution in [0.1, 0.15) is 43.0 Å². The Kier molecular flexibility index (Phi) is 3.51. The molecule has 5 atom stereocenters. The van der Waals surface area contributed by atoms with Gasteiger partial charge in [0, 0.05) is 23.9 Å². The number of fused-ring (bicyclic) bond motifs is 5. The quantitative estimate of drug-likeness (QED) is 0.848. The van der Waals surface area contributed by atoms with E-state index in [0.717, 1.165) is 11.8 Å². The van der Waals surface area contributed by atoms with Crippen LogP contribution in [0.4, 0.5) is 4.39 Å². The lowest BCUT2D eigenvalue weighted by Gasteiger charge is -2.15. The van der Waals surface area contributed by atoms with Crippen molar-refractivity contribution in [3.8, 4) is 0 Å². The third-order valence-corrected chi connectivity index (χ3v) is 6.08. The van der Waals surface area contributed by atoms with Gasteiger partial charge in [0.2, 0.25) is 5.91 Å². The molecule has 0 aliphatic heterocycles. The van der Waals surface area contributed by atoms with Crippen LogP contribution >= 0.6 is 0 Å². The number of carbonyl (C=O) groups is 2. The summed E-state index contributed by atoms with van der Waals surface area (Å²) >= 11 is 0. The molecule has 4 rings (SSSR count). The summed E-state index contributed by atoms with van der Waals surface area (Å²) in [5.74, 6) is 2.71. The van der Waals surface area contributed by atoms with Crippen molar-refractivity contribution in [3.63, 3.8) is 0 Å². The van der Waals surface area contributed by atoms with Crippen LogP contribution in [0, 0.1) is 35.4 Å². The minimum atomic E-state index is -0.349. The Hall–Kier alpha value is -1.71. The lowest BCUT2D eigenvalue weighted by atomic mass is 10.0. The van der Waals surface area contributed by atoms with Gasteiger partial charge in [-0.1, -0.05) is 0 Å². The minimum Gasteiger partial charge on any atom is -0.353 e. The van der Waals surface area contributed by atoms with E-state index in [4.69, 9.17) is 0 Å². The number of halogens is 1. The van der Waals surface area contributed by atoms with Crippen LogP contribution in [0.25, 0.3) is 0 Å². The first kappa shape index (κ1) is 14.9. The van der Waals surface area contributed by atoms with Gasteiger partial charge in [-0.3, -0.25) is 9.59 Å². The summed E-state index contributed by atoms with van der Waals surface area (Å²) in [4.78, 5) is 24.6. The maximum absolute atomic E-state index is 12.9. The van der Waals surface area contributed by atoms with Crippen LogP contribution in [0.5, 0.6) is 0 Å². The van der Waals surface area contributed by atoms with Gasteiger partial charge < -0.3 is 5.32 Å². The van der Waals surface area contributed by atoms with E-state index in [-0.39, 0.29) is 35.9 Å². The fraction of sp³-hybridized carbons (Fsp3) is 0.579. The highest BCUT2D eigenvalue weighted by Crippen LogP contribution is 2.69. The number of benzene rings is 1. The maximum atomic E-state index is 12.9. The first-order valence-electron chi connectivity index (χ1n) is 8.63. The normalized spacial score (nSPS) is 34.8. The standard InChI is InChI=1S/C19H22FNO2/c1-10(8-15(22)11-4-6-14(20)7-5-11)21-19(23)18-16-12-2-3-13(9-12)17(16)18/h4-7,10,12-13,16-18H,2-3,8-9H2,1H3,(H,21,23). The molecule has 3 aliphatic rings. The number of amides is 1. The Morgan fingerprint density at radius 1 is 1.17 bits per heavy atom. The van der Waals surface area contributed by atoms with Crippen LogP contribution < -0.4 is 5.32 Å². The summed E-state index contributed by atoms with van der Waals surface area (Å²) in [7, 11) is 0. The third-order valence-electron chi connectivity index (χ3n) is 6.08. The Morgan fingerprint density at radius 2 is 1.78 bits per heavy atom. The molecule has 3 saturated carbocycles. The molecule has 1 N–H and O–H groups in total. The molecular formula is C19H22FNO2. The van der Waals surface area contributed by atoms with Crippen molar-refractivity contribution in [2.75, 3.05) is 0 Å². The monoisotopic (exact) mass is 315 g/mol. The molecule has 3 aliphatic carbocycles. The first-order chi connectivity index (χ1) is 11.0. The van der Waals surface area contributed by atoms with E-state index in [2.05, 4.69) is 5.32 Å². The molecule has 0 heterocycles. The van der Waals surface area contributed by atoms with Gasteiger partial charge in [0.25, 0.3) is 0 Å². The van der Waals surface area contributed by atoms with Gasteiger partial charge >= 0.3 is 0 Å². The summed E-state index contributed by atoms with van der Waals surface area (Å²) in [5.41, 5.74) is 0.494. The van der Waals surface area contributed by atoms with E-state index in [1.54, 1.807) is 0 Å².